The van der Waals surface area contributed by atoms with E-state index in [2.05, 4.69) is 0 Å². The molecular weight excluding hydrogens is 383 g/mol. The second kappa shape index (κ2) is 7.62. The molecular formula is C21H16ClFN2OS. The Hall–Kier alpha value is -2.50. The number of amides is 2. The molecule has 1 heterocycles. The fourth-order valence-corrected chi connectivity index (χ4v) is 4.26. The van der Waals surface area contributed by atoms with Crippen LogP contribution in [0.1, 0.15) is 11.1 Å². The van der Waals surface area contributed by atoms with E-state index in [1.807, 2.05) is 54.6 Å². The van der Waals surface area contributed by atoms with Gasteiger partial charge in [-0.1, -0.05) is 60.1 Å². The van der Waals surface area contributed by atoms with Gasteiger partial charge in [0.2, 0.25) is 0 Å². The second-order valence-corrected chi connectivity index (χ2v) is 7.62. The zero-order valence-electron chi connectivity index (χ0n) is 14.3. The molecule has 0 bridgehead atoms. The highest BCUT2D eigenvalue weighted by atomic mass is 35.5. The Kier molecular flexibility index (Phi) is 5.05. The van der Waals surface area contributed by atoms with Crippen molar-refractivity contribution in [3.8, 4) is 0 Å². The summed E-state index contributed by atoms with van der Waals surface area (Å²) in [4.78, 5) is 15.7. The highest BCUT2D eigenvalue weighted by molar-refractivity contribution is 7.97. The molecule has 0 aromatic heterocycles. The number of nitrogens with zero attached hydrogens (tertiary/aromatic N) is 2. The number of carbonyl (C=O) groups is 1. The number of fused-ring (bicyclic) bond motifs is 1. The molecule has 3 nitrogen and oxygen atoms in total. The standard InChI is InChI=1S/C21H16ClFN2OS/c22-17-9-6-10-18(23)16(17)14-24-19-11-4-5-12-20(19)27-25(21(24)26)13-15-7-2-1-3-8-15/h1-12H,13-14H2. The Balaban J connectivity index is 1.69. The van der Waals surface area contributed by atoms with Gasteiger partial charge in [0.15, 0.2) is 0 Å². The van der Waals surface area contributed by atoms with Gasteiger partial charge in [0, 0.05) is 10.6 Å². The summed E-state index contributed by atoms with van der Waals surface area (Å²) < 4.78 is 16.0. The Morgan fingerprint density at radius 3 is 2.41 bits per heavy atom. The van der Waals surface area contributed by atoms with Gasteiger partial charge in [-0.25, -0.2) is 9.18 Å². The van der Waals surface area contributed by atoms with Crippen LogP contribution >= 0.6 is 23.5 Å². The molecule has 0 radical (unpaired) electrons. The van der Waals surface area contributed by atoms with Crippen molar-refractivity contribution < 1.29 is 9.18 Å². The molecule has 0 saturated heterocycles. The monoisotopic (exact) mass is 398 g/mol. The van der Waals surface area contributed by atoms with Gasteiger partial charge < -0.3 is 0 Å². The normalized spacial score (nSPS) is 13.6. The van der Waals surface area contributed by atoms with E-state index in [4.69, 9.17) is 11.6 Å². The minimum atomic E-state index is -0.416. The molecule has 0 saturated carbocycles. The van der Waals surface area contributed by atoms with Crippen LogP contribution in [0.5, 0.6) is 0 Å². The molecule has 0 aliphatic carbocycles. The predicted molar refractivity (Wildman–Crippen MR) is 107 cm³/mol. The maximum atomic E-state index is 14.3. The molecule has 4 rings (SSSR count). The molecule has 1 aliphatic rings. The van der Waals surface area contributed by atoms with Gasteiger partial charge in [-0.2, -0.15) is 0 Å². The third-order valence-corrected chi connectivity index (χ3v) is 5.76. The molecule has 27 heavy (non-hydrogen) atoms. The summed E-state index contributed by atoms with van der Waals surface area (Å²) in [5, 5.41) is 0.313. The fraction of sp³-hybridized carbons (Fsp3) is 0.0952. The molecule has 0 unspecified atom stereocenters. The minimum absolute atomic E-state index is 0.0766. The van der Waals surface area contributed by atoms with E-state index >= 15 is 0 Å². The van der Waals surface area contributed by atoms with Crippen molar-refractivity contribution in [3.05, 3.63) is 94.8 Å². The van der Waals surface area contributed by atoms with Crippen LogP contribution < -0.4 is 4.90 Å². The number of para-hydroxylation sites is 1. The maximum Gasteiger partial charge on any atom is 0.335 e. The van der Waals surface area contributed by atoms with E-state index < -0.39 is 5.82 Å². The van der Waals surface area contributed by atoms with Crippen LogP contribution in [0, 0.1) is 5.82 Å². The quantitative estimate of drug-likeness (QED) is 0.493. The van der Waals surface area contributed by atoms with Crippen molar-refractivity contribution in [2.24, 2.45) is 0 Å². The van der Waals surface area contributed by atoms with E-state index in [1.165, 1.54) is 18.0 Å². The van der Waals surface area contributed by atoms with E-state index in [0.29, 0.717) is 17.1 Å². The lowest BCUT2D eigenvalue weighted by Crippen LogP contribution is -2.42. The third kappa shape index (κ3) is 3.66. The van der Waals surface area contributed by atoms with Crippen LogP contribution in [-0.2, 0) is 13.1 Å². The number of hydrogen-bond donors (Lipinski definition) is 0. The number of carbonyl (C=O) groups excluding carboxylic acids is 1. The van der Waals surface area contributed by atoms with Gasteiger partial charge in [0.05, 0.1) is 23.7 Å². The average molecular weight is 399 g/mol. The van der Waals surface area contributed by atoms with Crippen LogP contribution in [0.15, 0.2) is 77.7 Å². The molecule has 3 aromatic carbocycles. The lowest BCUT2D eigenvalue weighted by atomic mass is 10.1. The molecule has 136 valence electrons. The first-order valence-electron chi connectivity index (χ1n) is 8.46. The number of hydrogen-bond acceptors (Lipinski definition) is 2. The molecule has 0 atom stereocenters. The predicted octanol–water partition coefficient (Wildman–Crippen LogP) is 6.13. The first-order valence-corrected chi connectivity index (χ1v) is 9.61. The Morgan fingerprint density at radius 1 is 0.889 bits per heavy atom. The summed E-state index contributed by atoms with van der Waals surface area (Å²) in [7, 11) is 0. The Morgan fingerprint density at radius 2 is 1.63 bits per heavy atom. The number of rotatable bonds is 4. The van der Waals surface area contributed by atoms with Gasteiger partial charge in [-0.15, -0.1) is 0 Å². The Labute approximate surface area is 166 Å². The van der Waals surface area contributed by atoms with Gasteiger partial charge in [-0.3, -0.25) is 9.21 Å². The molecule has 2 amide bonds. The van der Waals surface area contributed by atoms with Crippen LogP contribution in [-0.4, -0.2) is 10.3 Å². The topological polar surface area (TPSA) is 23.6 Å². The largest absolute Gasteiger partial charge is 0.335 e. The van der Waals surface area contributed by atoms with Gasteiger partial charge in [0.1, 0.15) is 5.82 Å². The molecule has 0 N–H and O–H groups in total. The highest BCUT2D eigenvalue weighted by Gasteiger charge is 2.32. The van der Waals surface area contributed by atoms with Crippen molar-refractivity contribution >= 4 is 35.3 Å². The maximum absolute atomic E-state index is 14.3. The van der Waals surface area contributed by atoms with Gasteiger partial charge in [-0.05, 0) is 41.8 Å². The summed E-state index contributed by atoms with van der Waals surface area (Å²) in [5.74, 6) is -0.416. The van der Waals surface area contributed by atoms with Crippen molar-refractivity contribution in [1.29, 1.82) is 0 Å². The summed E-state index contributed by atoms with van der Waals surface area (Å²) >= 11 is 7.59. The second-order valence-electron chi connectivity index (χ2n) is 6.15. The smallest absolute Gasteiger partial charge is 0.288 e. The number of benzene rings is 3. The minimum Gasteiger partial charge on any atom is -0.288 e. The summed E-state index contributed by atoms with van der Waals surface area (Å²) in [6.45, 7) is 0.535. The van der Waals surface area contributed by atoms with E-state index in [0.717, 1.165) is 16.1 Å². The summed E-state index contributed by atoms with van der Waals surface area (Å²) in [6.07, 6.45) is 0. The van der Waals surface area contributed by atoms with E-state index in [1.54, 1.807) is 21.3 Å². The molecule has 3 aromatic rings. The fourth-order valence-electron chi connectivity index (χ4n) is 3.00. The lowest BCUT2D eigenvalue weighted by molar-refractivity contribution is 0.229. The first-order chi connectivity index (χ1) is 13.1. The van der Waals surface area contributed by atoms with Crippen molar-refractivity contribution in [3.63, 3.8) is 0 Å². The third-order valence-electron chi connectivity index (χ3n) is 4.36. The highest BCUT2D eigenvalue weighted by Crippen LogP contribution is 2.40. The van der Waals surface area contributed by atoms with Crippen LogP contribution in [0.3, 0.4) is 0 Å². The average Bonchev–Trinajstić information content (AvgIpc) is 2.68. The van der Waals surface area contributed by atoms with Crippen molar-refractivity contribution in [2.45, 2.75) is 18.0 Å². The number of urea groups is 1. The first kappa shape index (κ1) is 17.9. The van der Waals surface area contributed by atoms with Crippen molar-refractivity contribution in [1.82, 2.24) is 4.31 Å². The SMILES string of the molecule is O=C1N(Cc2ccccc2)Sc2ccccc2N1Cc1c(F)cccc1Cl. The van der Waals surface area contributed by atoms with Crippen molar-refractivity contribution in [2.75, 3.05) is 4.90 Å². The van der Waals surface area contributed by atoms with E-state index in [9.17, 15) is 9.18 Å². The number of anilines is 1. The molecule has 0 fully saturated rings. The number of halogens is 2. The van der Waals surface area contributed by atoms with Crippen LogP contribution in [0.4, 0.5) is 14.9 Å². The van der Waals surface area contributed by atoms with Crippen LogP contribution in [0.25, 0.3) is 0 Å². The van der Waals surface area contributed by atoms with E-state index in [-0.39, 0.29) is 12.6 Å². The molecule has 1 aliphatic heterocycles. The zero-order chi connectivity index (χ0) is 18.8. The lowest BCUT2D eigenvalue weighted by Gasteiger charge is -2.36. The van der Waals surface area contributed by atoms with Crippen LogP contribution in [0.2, 0.25) is 5.02 Å². The molecule has 0 spiro atoms. The molecule has 6 heteroatoms. The van der Waals surface area contributed by atoms with Gasteiger partial charge >= 0.3 is 6.03 Å². The summed E-state index contributed by atoms with van der Waals surface area (Å²) in [5.41, 5.74) is 2.10. The zero-order valence-corrected chi connectivity index (χ0v) is 15.9. The Bertz CT molecular complexity index is 963. The van der Waals surface area contributed by atoms with Gasteiger partial charge in [0.25, 0.3) is 0 Å². The summed E-state index contributed by atoms with van der Waals surface area (Å²) in [6, 6.07) is 21.8.